The largest absolute Gasteiger partial charge is 0.460 e. The van der Waals surface area contributed by atoms with Crippen molar-refractivity contribution in [2.75, 3.05) is 31.1 Å². The fourth-order valence-electron chi connectivity index (χ4n) is 5.15. The van der Waals surface area contributed by atoms with Crippen LogP contribution in [0.2, 0.25) is 0 Å². The molecule has 1 atom stereocenters. The molecule has 190 valence electrons. The van der Waals surface area contributed by atoms with Gasteiger partial charge in [0, 0.05) is 31.9 Å². The Hall–Kier alpha value is -2.54. The summed E-state index contributed by atoms with van der Waals surface area (Å²) in [6, 6.07) is 14.5. The molecular weight excluding hydrogens is 453 g/mol. The van der Waals surface area contributed by atoms with Gasteiger partial charge in [0.1, 0.15) is 5.60 Å². The van der Waals surface area contributed by atoms with Crippen LogP contribution in [0.4, 0.5) is 18.9 Å². The zero-order valence-electron chi connectivity index (χ0n) is 20.8. The molecule has 2 heterocycles. The van der Waals surface area contributed by atoms with Gasteiger partial charge >= 0.3 is 12.1 Å². The topological polar surface area (TPSA) is 32.8 Å². The summed E-state index contributed by atoms with van der Waals surface area (Å²) in [5.74, 6) is -0.249. The minimum atomic E-state index is -4.39. The molecule has 0 aromatic heterocycles. The van der Waals surface area contributed by atoms with Crippen molar-refractivity contribution in [3.8, 4) is 0 Å². The maximum absolute atomic E-state index is 13.6. The van der Waals surface area contributed by atoms with Gasteiger partial charge in [-0.05, 0) is 75.8 Å². The minimum absolute atomic E-state index is 0.180. The molecule has 0 bridgehead atoms. The van der Waals surface area contributed by atoms with Gasteiger partial charge in [0.15, 0.2) is 0 Å². The summed E-state index contributed by atoms with van der Waals surface area (Å²) in [6.07, 6.45) is -2.32. The molecular formula is C28H35F3N2O2. The van der Waals surface area contributed by atoms with E-state index in [1.807, 2.05) is 43.9 Å². The Morgan fingerprint density at radius 1 is 0.971 bits per heavy atom. The van der Waals surface area contributed by atoms with Gasteiger partial charge in [-0.1, -0.05) is 36.4 Å². The molecule has 2 aliphatic rings. The molecule has 2 aliphatic heterocycles. The minimum Gasteiger partial charge on any atom is -0.460 e. The molecule has 0 unspecified atom stereocenters. The fourth-order valence-corrected chi connectivity index (χ4v) is 5.15. The lowest BCUT2D eigenvalue weighted by molar-refractivity contribution is -0.160. The lowest BCUT2D eigenvalue weighted by Gasteiger charge is -2.36. The third kappa shape index (κ3) is 6.57. The fraction of sp³-hybridized carbons (Fsp3) is 0.536. The number of halogens is 3. The van der Waals surface area contributed by atoms with Crippen LogP contribution in [0.15, 0.2) is 48.5 Å². The summed E-state index contributed by atoms with van der Waals surface area (Å²) in [7, 11) is 0. The zero-order chi connectivity index (χ0) is 25.2. The van der Waals surface area contributed by atoms with E-state index >= 15 is 0 Å². The van der Waals surface area contributed by atoms with Gasteiger partial charge in [-0.25, -0.2) is 0 Å². The Morgan fingerprint density at radius 2 is 1.66 bits per heavy atom. The molecule has 2 saturated heterocycles. The Morgan fingerprint density at radius 3 is 2.29 bits per heavy atom. The molecule has 0 radical (unpaired) electrons. The molecule has 4 rings (SSSR count). The van der Waals surface area contributed by atoms with Crippen LogP contribution >= 0.6 is 0 Å². The van der Waals surface area contributed by atoms with Crippen LogP contribution in [0.1, 0.15) is 62.6 Å². The van der Waals surface area contributed by atoms with Crippen LogP contribution in [0.25, 0.3) is 0 Å². The molecule has 0 saturated carbocycles. The number of hydrogen-bond acceptors (Lipinski definition) is 4. The first-order valence-electron chi connectivity index (χ1n) is 12.4. The highest BCUT2D eigenvalue weighted by molar-refractivity contribution is 5.73. The molecule has 0 spiro atoms. The highest BCUT2D eigenvalue weighted by atomic mass is 19.4. The highest BCUT2D eigenvalue weighted by Crippen LogP contribution is 2.40. The second-order valence-electron chi connectivity index (χ2n) is 10.8. The number of carbonyl (C=O) groups excluding carboxylic acids is 1. The number of piperidine rings is 1. The van der Waals surface area contributed by atoms with Gasteiger partial charge < -0.3 is 9.64 Å². The summed E-state index contributed by atoms with van der Waals surface area (Å²) in [5, 5.41) is 0. The predicted octanol–water partition coefficient (Wildman–Crippen LogP) is 6.25. The van der Waals surface area contributed by atoms with E-state index in [4.69, 9.17) is 4.74 Å². The summed E-state index contributed by atoms with van der Waals surface area (Å²) < 4.78 is 46.3. The summed E-state index contributed by atoms with van der Waals surface area (Å²) in [6.45, 7) is 9.20. The van der Waals surface area contributed by atoms with Crippen LogP contribution in [-0.4, -0.2) is 42.6 Å². The maximum atomic E-state index is 13.6. The maximum Gasteiger partial charge on any atom is 0.416 e. The van der Waals surface area contributed by atoms with Gasteiger partial charge in [-0.3, -0.25) is 9.69 Å². The van der Waals surface area contributed by atoms with Crippen LogP contribution in [-0.2, 0) is 22.3 Å². The molecule has 35 heavy (non-hydrogen) atoms. The van der Waals surface area contributed by atoms with Crippen molar-refractivity contribution in [3.05, 3.63) is 65.2 Å². The van der Waals surface area contributed by atoms with Gasteiger partial charge in [-0.15, -0.1) is 0 Å². The Labute approximate surface area is 206 Å². The second-order valence-corrected chi connectivity index (χ2v) is 10.8. The standard InChI is InChI=1S/C28H35F3N2O2/c1-27(2,3)35-26(34)21-12-15-33(16-13-21)25-17-23(28(29,30)31)9-10-24(25)22-11-14-32(19-22)18-20-7-5-4-6-8-20/h4-10,17,21-22H,11-16,18-19H2,1-3H3/t22-/m0/s1. The lowest BCUT2D eigenvalue weighted by atomic mass is 9.91. The number of esters is 1. The van der Waals surface area contributed by atoms with Crippen molar-refractivity contribution in [1.82, 2.24) is 4.90 Å². The molecule has 2 aromatic rings. The third-order valence-electron chi connectivity index (χ3n) is 6.89. The van der Waals surface area contributed by atoms with Gasteiger partial charge in [0.05, 0.1) is 11.5 Å². The smallest absolute Gasteiger partial charge is 0.416 e. The normalized spacial score (nSPS) is 20.3. The number of benzene rings is 2. The van der Waals surface area contributed by atoms with Crippen LogP contribution in [0.3, 0.4) is 0 Å². The first kappa shape index (κ1) is 25.5. The quantitative estimate of drug-likeness (QED) is 0.466. The highest BCUT2D eigenvalue weighted by Gasteiger charge is 2.35. The van der Waals surface area contributed by atoms with Crippen molar-refractivity contribution < 1.29 is 22.7 Å². The molecule has 0 amide bonds. The summed E-state index contributed by atoms with van der Waals surface area (Å²) >= 11 is 0. The number of ether oxygens (including phenoxy) is 1. The summed E-state index contributed by atoms with van der Waals surface area (Å²) in [5.41, 5.74) is 1.71. The molecule has 0 N–H and O–H groups in total. The molecule has 2 aromatic carbocycles. The van der Waals surface area contributed by atoms with Crippen molar-refractivity contribution in [1.29, 1.82) is 0 Å². The second kappa shape index (κ2) is 10.2. The third-order valence-corrected chi connectivity index (χ3v) is 6.89. The number of nitrogens with zero attached hydrogens (tertiary/aromatic N) is 2. The van der Waals surface area contributed by atoms with Crippen LogP contribution in [0.5, 0.6) is 0 Å². The van der Waals surface area contributed by atoms with E-state index in [-0.39, 0.29) is 17.8 Å². The Bertz CT molecular complexity index is 1010. The number of alkyl halides is 3. The van der Waals surface area contributed by atoms with E-state index in [9.17, 15) is 18.0 Å². The number of anilines is 1. The first-order valence-corrected chi connectivity index (χ1v) is 12.4. The van der Waals surface area contributed by atoms with E-state index in [2.05, 4.69) is 17.0 Å². The van der Waals surface area contributed by atoms with Gasteiger partial charge in [0.2, 0.25) is 0 Å². The number of hydrogen-bond donors (Lipinski definition) is 0. The lowest BCUT2D eigenvalue weighted by Crippen LogP contribution is -2.39. The van der Waals surface area contributed by atoms with E-state index in [1.165, 1.54) is 17.7 Å². The molecule has 7 heteroatoms. The van der Waals surface area contributed by atoms with E-state index in [0.29, 0.717) is 31.6 Å². The van der Waals surface area contributed by atoms with Crippen molar-refractivity contribution in [2.24, 2.45) is 5.92 Å². The van der Waals surface area contributed by atoms with Crippen LogP contribution in [0, 0.1) is 5.92 Å². The van der Waals surface area contributed by atoms with Gasteiger partial charge in [-0.2, -0.15) is 13.2 Å². The SMILES string of the molecule is CC(C)(C)OC(=O)C1CCN(c2cc(C(F)(F)F)ccc2[C@H]2CCN(Cc3ccccc3)C2)CC1. The predicted molar refractivity (Wildman–Crippen MR) is 131 cm³/mol. The summed E-state index contributed by atoms with van der Waals surface area (Å²) in [4.78, 5) is 16.9. The molecule has 4 nitrogen and oxygen atoms in total. The van der Waals surface area contributed by atoms with Gasteiger partial charge in [0.25, 0.3) is 0 Å². The van der Waals surface area contributed by atoms with Crippen molar-refractivity contribution in [2.45, 2.75) is 64.3 Å². The monoisotopic (exact) mass is 488 g/mol. The first-order chi connectivity index (χ1) is 16.5. The van der Waals surface area contributed by atoms with Crippen molar-refractivity contribution in [3.63, 3.8) is 0 Å². The number of likely N-dealkylation sites (tertiary alicyclic amines) is 1. The average molecular weight is 489 g/mol. The number of carbonyl (C=O) groups is 1. The Kier molecular flexibility index (Phi) is 7.46. The Balaban J connectivity index is 1.50. The van der Waals surface area contributed by atoms with E-state index in [0.717, 1.165) is 31.6 Å². The molecule has 2 fully saturated rings. The molecule has 0 aliphatic carbocycles. The zero-order valence-corrected chi connectivity index (χ0v) is 20.8. The number of rotatable bonds is 5. The van der Waals surface area contributed by atoms with Crippen LogP contribution < -0.4 is 4.90 Å². The average Bonchev–Trinajstić information content (AvgIpc) is 3.26. The van der Waals surface area contributed by atoms with E-state index in [1.54, 1.807) is 6.07 Å². The van der Waals surface area contributed by atoms with E-state index < -0.39 is 17.3 Å². The van der Waals surface area contributed by atoms with Crippen molar-refractivity contribution >= 4 is 11.7 Å².